The summed E-state index contributed by atoms with van der Waals surface area (Å²) >= 11 is 0. The average molecular weight is 417 g/mol. The van der Waals surface area contributed by atoms with Crippen molar-refractivity contribution in [2.75, 3.05) is 6.54 Å². The van der Waals surface area contributed by atoms with Gasteiger partial charge in [0.1, 0.15) is 5.72 Å². The molecule has 2 saturated heterocycles. The van der Waals surface area contributed by atoms with Gasteiger partial charge in [-0.3, -0.25) is 15.0 Å². The zero-order chi connectivity index (χ0) is 20.9. The van der Waals surface area contributed by atoms with Crippen molar-refractivity contribution in [2.24, 2.45) is 23.2 Å². The number of fused-ring (bicyclic) bond motifs is 4. The van der Waals surface area contributed by atoms with Gasteiger partial charge in [0.15, 0.2) is 0 Å². The van der Waals surface area contributed by atoms with Crippen LogP contribution in [-0.2, 0) is 4.74 Å². The Morgan fingerprint density at radius 3 is 2.50 bits per heavy atom. The molecule has 0 spiro atoms. The van der Waals surface area contributed by atoms with E-state index in [0.29, 0.717) is 36.6 Å². The highest BCUT2D eigenvalue weighted by Crippen LogP contribution is 2.61. The van der Waals surface area contributed by atoms with Crippen LogP contribution in [0.2, 0.25) is 0 Å². The Bertz CT molecular complexity index is 686. The Labute approximate surface area is 181 Å². The molecule has 3 saturated carbocycles. The summed E-state index contributed by atoms with van der Waals surface area (Å²) in [6, 6.07) is 0.194. The van der Waals surface area contributed by atoms with E-state index in [1.165, 1.54) is 57.8 Å². The molecule has 3 aliphatic carbocycles. The Morgan fingerprint density at radius 2 is 1.73 bits per heavy atom. The second kappa shape index (κ2) is 7.88. The molecule has 0 bridgehead atoms. The summed E-state index contributed by atoms with van der Waals surface area (Å²) in [6.45, 7) is 5.88. The second-order valence-electron chi connectivity index (χ2n) is 11.5. The van der Waals surface area contributed by atoms with Crippen LogP contribution in [-0.4, -0.2) is 40.3 Å². The molecular weight excluding hydrogens is 376 g/mol. The molecule has 5 heteroatoms. The molecule has 2 heterocycles. The minimum absolute atomic E-state index is 0.0433. The van der Waals surface area contributed by atoms with Crippen LogP contribution >= 0.6 is 0 Å². The van der Waals surface area contributed by atoms with Gasteiger partial charge in [-0.25, -0.2) is 0 Å². The third kappa shape index (κ3) is 3.26. The summed E-state index contributed by atoms with van der Waals surface area (Å²) < 4.78 is 7.14. The van der Waals surface area contributed by atoms with Crippen LogP contribution in [0, 0.1) is 33.3 Å². The fraction of sp³-hybridized carbons (Fsp3) is 0.920. The molecule has 0 aromatic rings. The van der Waals surface area contributed by atoms with E-state index in [9.17, 15) is 10.1 Å². The van der Waals surface area contributed by atoms with Gasteiger partial charge in [-0.2, -0.15) is 0 Å². The zero-order valence-corrected chi connectivity index (χ0v) is 18.9. The van der Waals surface area contributed by atoms with Crippen LogP contribution < -0.4 is 0 Å². The minimum Gasteiger partial charge on any atom is -0.353 e. The average Bonchev–Trinajstić information content (AvgIpc) is 2.95. The molecule has 0 aromatic heterocycles. The van der Waals surface area contributed by atoms with Crippen LogP contribution in [0.1, 0.15) is 90.9 Å². The summed E-state index contributed by atoms with van der Waals surface area (Å²) in [7, 11) is 0. The van der Waals surface area contributed by atoms with Crippen LogP contribution in [0.4, 0.5) is 0 Å². The molecule has 0 radical (unpaired) electrons. The number of nitro groups is 1. The smallest absolute Gasteiger partial charge is 0.213 e. The summed E-state index contributed by atoms with van der Waals surface area (Å²) in [5.74, 6) is 1.66. The highest BCUT2D eigenvalue weighted by molar-refractivity contribution is 5.22. The lowest BCUT2D eigenvalue weighted by molar-refractivity contribution is -0.530. The molecular formula is C25H40N2O3. The van der Waals surface area contributed by atoms with Gasteiger partial charge in [0.25, 0.3) is 0 Å². The largest absolute Gasteiger partial charge is 0.353 e. The standard InChI is InChI=1S/C25H40N2O3/c1-24(2)21-10-6-7-11-22(21)26-17-19-16-20(27(28)29)12-13-23(19)30-25(24,26)15-14-18-8-4-3-5-9-18/h14-15,18-23H,3-13,16-17H2,1-2H3/b15-14+. The van der Waals surface area contributed by atoms with E-state index in [0.717, 1.165) is 13.0 Å². The summed E-state index contributed by atoms with van der Waals surface area (Å²) in [6.07, 6.45) is 19.3. The van der Waals surface area contributed by atoms with Gasteiger partial charge in [0.05, 0.1) is 6.10 Å². The fourth-order valence-corrected chi connectivity index (χ4v) is 7.88. The van der Waals surface area contributed by atoms with Gasteiger partial charge in [-0.05, 0) is 50.0 Å². The van der Waals surface area contributed by atoms with Crippen molar-refractivity contribution in [3.05, 3.63) is 22.3 Å². The predicted molar refractivity (Wildman–Crippen MR) is 118 cm³/mol. The fourth-order valence-electron chi connectivity index (χ4n) is 7.88. The molecule has 0 aromatic carbocycles. The molecule has 0 amide bonds. The van der Waals surface area contributed by atoms with Gasteiger partial charge >= 0.3 is 0 Å². The molecule has 0 N–H and O–H groups in total. The molecule has 5 fully saturated rings. The van der Waals surface area contributed by atoms with Crippen LogP contribution in [0.15, 0.2) is 12.2 Å². The number of hydrogen-bond acceptors (Lipinski definition) is 4. The molecule has 168 valence electrons. The first kappa shape index (κ1) is 20.9. The Hall–Kier alpha value is -0.940. The van der Waals surface area contributed by atoms with E-state index < -0.39 is 0 Å². The third-order valence-electron chi connectivity index (χ3n) is 9.60. The SMILES string of the molecule is CC1(C)C2CCCCC2N2CC3CC([N+](=O)[O-])CCC3OC21/C=C/C1CCCCC1. The quantitative estimate of drug-likeness (QED) is 0.343. The third-order valence-corrected chi connectivity index (χ3v) is 9.60. The van der Waals surface area contributed by atoms with Crippen LogP contribution in [0.25, 0.3) is 0 Å². The molecule has 5 aliphatic rings. The molecule has 6 atom stereocenters. The van der Waals surface area contributed by atoms with E-state index >= 15 is 0 Å². The van der Waals surface area contributed by atoms with Gasteiger partial charge in [0, 0.05) is 41.7 Å². The van der Waals surface area contributed by atoms with Crippen molar-refractivity contribution in [1.29, 1.82) is 0 Å². The lowest BCUT2D eigenvalue weighted by Crippen LogP contribution is -2.63. The van der Waals surface area contributed by atoms with Crippen molar-refractivity contribution >= 4 is 0 Å². The van der Waals surface area contributed by atoms with Gasteiger partial charge < -0.3 is 4.74 Å². The second-order valence-corrected chi connectivity index (χ2v) is 11.5. The normalized spacial score (nSPS) is 44.4. The summed E-state index contributed by atoms with van der Waals surface area (Å²) in [5.41, 5.74) is -0.249. The van der Waals surface area contributed by atoms with E-state index in [-0.39, 0.29) is 28.2 Å². The van der Waals surface area contributed by atoms with Crippen molar-refractivity contribution < 1.29 is 9.66 Å². The molecule has 5 rings (SSSR count). The number of ether oxygens (including phenoxy) is 1. The Balaban J connectivity index is 1.48. The summed E-state index contributed by atoms with van der Waals surface area (Å²) in [5, 5.41) is 11.5. The first-order valence-electron chi connectivity index (χ1n) is 12.7. The summed E-state index contributed by atoms with van der Waals surface area (Å²) in [4.78, 5) is 14.1. The highest BCUT2D eigenvalue weighted by Gasteiger charge is 2.66. The topological polar surface area (TPSA) is 55.6 Å². The van der Waals surface area contributed by atoms with Crippen molar-refractivity contribution in [3.8, 4) is 0 Å². The minimum atomic E-state index is -0.377. The first-order chi connectivity index (χ1) is 14.4. The molecule has 5 nitrogen and oxygen atoms in total. The Kier molecular flexibility index (Phi) is 5.50. The molecule has 6 unspecified atom stereocenters. The van der Waals surface area contributed by atoms with E-state index in [1.54, 1.807) is 0 Å². The lowest BCUT2D eigenvalue weighted by Gasteiger charge is -2.54. The first-order valence-corrected chi connectivity index (χ1v) is 12.7. The van der Waals surface area contributed by atoms with E-state index in [4.69, 9.17) is 4.74 Å². The number of hydrogen-bond donors (Lipinski definition) is 0. The van der Waals surface area contributed by atoms with Crippen LogP contribution in [0.5, 0.6) is 0 Å². The number of nitrogens with zero attached hydrogens (tertiary/aromatic N) is 2. The maximum atomic E-state index is 11.5. The number of allylic oxidation sites excluding steroid dienone is 1. The number of rotatable bonds is 3. The van der Waals surface area contributed by atoms with Crippen LogP contribution in [0.3, 0.4) is 0 Å². The molecule has 30 heavy (non-hydrogen) atoms. The maximum absolute atomic E-state index is 11.5. The van der Waals surface area contributed by atoms with Crippen molar-refractivity contribution in [3.63, 3.8) is 0 Å². The van der Waals surface area contributed by atoms with E-state index in [1.807, 2.05) is 0 Å². The Morgan fingerprint density at radius 1 is 1.00 bits per heavy atom. The van der Waals surface area contributed by atoms with Gasteiger partial charge in [0.2, 0.25) is 6.04 Å². The van der Waals surface area contributed by atoms with Crippen molar-refractivity contribution in [2.45, 2.75) is 115 Å². The monoisotopic (exact) mass is 416 g/mol. The van der Waals surface area contributed by atoms with Gasteiger partial charge in [-0.15, -0.1) is 0 Å². The highest BCUT2D eigenvalue weighted by atomic mass is 16.6. The predicted octanol–water partition coefficient (Wildman–Crippen LogP) is 5.56. The van der Waals surface area contributed by atoms with Gasteiger partial charge in [-0.1, -0.05) is 52.0 Å². The molecule has 2 aliphatic heterocycles. The van der Waals surface area contributed by atoms with Crippen molar-refractivity contribution in [1.82, 2.24) is 4.90 Å². The zero-order valence-electron chi connectivity index (χ0n) is 18.9. The van der Waals surface area contributed by atoms with E-state index in [2.05, 4.69) is 30.9 Å². The maximum Gasteiger partial charge on any atom is 0.213 e. The lowest BCUT2D eigenvalue weighted by atomic mass is 9.67.